The zero-order chi connectivity index (χ0) is 20.1. The molecular weight excluding hydrogens is 366 g/mol. The number of carbonyl (C=O) groups excluding carboxylic acids is 1. The third-order valence-electron chi connectivity index (χ3n) is 5.55. The summed E-state index contributed by atoms with van der Waals surface area (Å²) in [7, 11) is 0. The lowest BCUT2D eigenvalue weighted by Gasteiger charge is -2.35. The number of hydrogen-bond acceptors (Lipinski definition) is 5. The Morgan fingerprint density at radius 2 is 1.83 bits per heavy atom. The predicted molar refractivity (Wildman–Crippen MR) is 109 cm³/mol. The average molecular weight is 391 g/mol. The first kappa shape index (κ1) is 19.3. The van der Waals surface area contributed by atoms with E-state index in [1.807, 2.05) is 30.3 Å². The number of hydrogen-bond donors (Lipinski definition) is 1. The van der Waals surface area contributed by atoms with Crippen molar-refractivity contribution in [2.24, 2.45) is 5.41 Å². The van der Waals surface area contributed by atoms with Crippen LogP contribution in [0.5, 0.6) is 0 Å². The molecule has 0 unspecified atom stereocenters. The van der Waals surface area contributed by atoms with Gasteiger partial charge in [-0.05, 0) is 37.5 Å². The number of rotatable bonds is 6. The van der Waals surface area contributed by atoms with Crippen LogP contribution in [0.15, 0.2) is 59.4 Å². The van der Waals surface area contributed by atoms with Crippen LogP contribution in [0.1, 0.15) is 29.7 Å². The fraction of sp³-hybridized carbons (Fsp3) is 0.348. The lowest BCUT2D eigenvalue weighted by molar-refractivity contribution is -0.137. The number of benzene rings is 1. The van der Waals surface area contributed by atoms with Gasteiger partial charge >= 0.3 is 0 Å². The summed E-state index contributed by atoms with van der Waals surface area (Å²) >= 11 is 0. The van der Waals surface area contributed by atoms with Crippen LogP contribution in [0.25, 0.3) is 11.3 Å². The van der Waals surface area contributed by atoms with Gasteiger partial charge in [0.25, 0.3) is 0 Å². The van der Waals surface area contributed by atoms with Crippen molar-refractivity contribution < 1.29 is 14.1 Å². The number of ether oxygens (including phenoxy) is 1. The summed E-state index contributed by atoms with van der Waals surface area (Å²) < 4.78 is 11.1. The van der Waals surface area contributed by atoms with Crippen molar-refractivity contribution in [3.63, 3.8) is 0 Å². The third-order valence-corrected chi connectivity index (χ3v) is 5.55. The van der Waals surface area contributed by atoms with Gasteiger partial charge in [-0.2, -0.15) is 0 Å². The number of pyridine rings is 1. The van der Waals surface area contributed by atoms with Crippen LogP contribution in [-0.2, 0) is 22.5 Å². The first-order valence-corrected chi connectivity index (χ1v) is 9.92. The summed E-state index contributed by atoms with van der Waals surface area (Å²) in [6.07, 6.45) is 5.29. The number of aromatic nitrogens is 2. The highest BCUT2D eigenvalue weighted by Crippen LogP contribution is 2.36. The van der Waals surface area contributed by atoms with E-state index in [0.717, 1.165) is 22.6 Å². The minimum absolute atomic E-state index is 0.0332. The molecule has 6 nitrogen and oxygen atoms in total. The number of aryl methyl sites for hydroxylation is 1. The second-order valence-corrected chi connectivity index (χ2v) is 7.65. The molecule has 0 bridgehead atoms. The standard InChI is InChI=1S/C23H25N3O3/c1-17-2-4-19(5-3-17)21-14-20(29-26-21)15-23(8-12-28-13-9-23)22(27)25-16-18-6-10-24-11-7-18/h2-7,10-11,14H,8-9,12-13,15-16H2,1H3,(H,25,27). The van der Waals surface area contributed by atoms with Crippen molar-refractivity contribution in [1.82, 2.24) is 15.5 Å². The largest absolute Gasteiger partial charge is 0.381 e. The SMILES string of the molecule is Cc1ccc(-c2cc(CC3(C(=O)NCc4ccncc4)CCOCC3)on2)cc1. The minimum Gasteiger partial charge on any atom is -0.381 e. The highest BCUT2D eigenvalue weighted by atomic mass is 16.5. The topological polar surface area (TPSA) is 77.2 Å². The Morgan fingerprint density at radius 3 is 2.55 bits per heavy atom. The van der Waals surface area contributed by atoms with Gasteiger partial charge < -0.3 is 14.6 Å². The van der Waals surface area contributed by atoms with Gasteiger partial charge in [-0.25, -0.2) is 0 Å². The summed E-state index contributed by atoms with van der Waals surface area (Å²) in [4.78, 5) is 17.2. The molecule has 3 aromatic rings. The second-order valence-electron chi connectivity index (χ2n) is 7.65. The quantitative estimate of drug-likeness (QED) is 0.693. The van der Waals surface area contributed by atoms with E-state index in [2.05, 4.69) is 34.5 Å². The molecule has 3 heterocycles. The molecule has 2 aromatic heterocycles. The molecule has 1 fully saturated rings. The Balaban J connectivity index is 1.49. The molecule has 1 aliphatic heterocycles. The summed E-state index contributed by atoms with van der Waals surface area (Å²) in [5.41, 5.74) is 3.48. The smallest absolute Gasteiger partial charge is 0.227 e. The van der Waals surface area contributed by atoms with Crippen molar-refractivity contribution in [2.75, 3.05) is 13.2 Å². The van der Waals surface area contributed by atoms with Gasteiger partial charge in [-0.15, -0.1) is 0 Å². The van der Waals surface area contributed by atoms with Crippen LogP contribution >= 0.6 is 0 Å². The molecule has 0 aliphatic carbocycles. The van der Waals surface area contributed by atoms with Crippen molar-refractivity contribution >= 4 is 5.91 Å². The molecule has 1 amide bonds. The Labute approximate surface area is 170 Å². The summed E-state index contributed by atoms with van der Waals surface area (Å²) in [5.74, 6) is 0.757. The molecule has 150 valence electrons. The number of carbonyl (C=O) groups is 1. The molecule has 0 spiro atoms. The highest BCUT2D eigenvalue weighted by molar-refractivity contribution is 5.83. The molecule has 0 atom stereocenters. The number of nitrogens with one attached hydrogen (secondary N) is 1. The maximum Gasteiger partial charge on any atom is 0.227 e. The molecule has 1 saturated heterocycles. The van der Waals surface area contributed by atoms with Crippen LogP contribution in [-0.4, -0.2) is 29.3 Å². The van der Waals surface area contributed by atoms with Gasteiger partial charge in [0.1, 0.15) is 11.5 Å². The molecule has 29 heavy (non-hydrogen) atoms. The monoisotopic (exact) mass is 391 g/mol. The lowest BCUT2D eigenvalue weighted by Crippen LogP contribution is -2.45. The Hall–Kier alpha value is -2.99. The van der Waals surface area contributed by atoms with Crippen LogP contribution in [0, 0.1) is 12.3 Å². The van der Waals surface area contributed by atoms with E-state index in [4.69, 9.17) is 9.26 Å². The molecule has 1 aromatic carbocycles. The van der Waals surface area contributed by atoms with E-state index < -0.39 is 5.41 Å². The first-order valence-electron chi connectivity index (χ1n) is 9.92. The zero-order valence-electron chi connectivity index (χ0n) is 16.6. The zero-order valence-corrected chi connectivity index (χ0v) is 16.6. The van der Waals surface area contributed by atoms with Crippen molar-refractivity contribution in [1.29, 1.82) is 0 Å². The summed E-state index contributed by atoms with van der Waals surface area (Å²) in [5, 5.41) is 7.31. The minimum atomic E-state index is -0.546. The Bertz CT molecular complexity index is 945. The van der Waals surface area contributed by atoms with E-state index in [1.54, 1.807) is 12.4 Å². The molecular formula is C23H25N3O3. The van der Waals surface area contributed by atoms with Crippen molar-refractivity contribution in [3.05, 3.63) is 71.7 Å². The molecule has 1 aliphatic rings. The van der Waals surface area contributed by atoms with E-state index >= 15 is 0 Å². The molecule has 6 heteroatoms. The van der Waals surface area contributed by atoms with E-state index in [0.29, 0.717) is 39.0 Å². The van der Waals surface area contributed by atoms with E-state index in [9.17, 15) is 4.79 Å². The van der Waals surface area contributed by atoms with E-state index in [1.165, 1.54) is 5.56 Å². The van der Waals surface area contributed by atoms with Crippen molar-refractivity contribution in [2.45, 2.75) is 32.7 Å². The normalized spacial score (nSPS) is 15.8. The first-order chi connectivity index (χ1) is 14.1. The maximum absolute atomic E-state index is 13.2. The number of nitrogens with zero attached hydrogens (tertiary/aromatic N) is 2. The van der Waals surface area contributed by atoms with Gasteiger partial charge in [0.15, 0.2) is 0 Å². The van der Waals surface area contributed by atoms with Gasteiger partial charge in [0.2, 0.25) is 5.91 Å². The molecule has 4 rings (SSSR count). The highest BCUT2D eigenvalue weighted by Gasteiger charge is 2.41. The molecule has 0 saturated carbocycles. The Morgan fingerprint density at radius 1 is 1.10 bits per heavy atom. The van der Waals surface area contributed by atoms with E-state index in [-0.39, 0.29) is 5.91 Å². The summed E-state index contributed by atoms with van der Waals surface area (Å²) in [6.45, 7) is 3.68. The molecule has 0 radical (unpaired) electrons. The van der Waals surface area contributed by atoms with Crippen LogP contribution in [0.4, 0.5) is 0 Å². The average Bonchev–Trinajstić information content (AvgIpc) is 3.22. The fourth-order valence-electron chi connectivity index (χ4n) is 3.71. The summed E-state index contributed by atoms with van der Waals surface area (Å²) in [6, 6.07) is 13.9. The van der Waals surface area contributed by atoms with Gasteiger partial charge in [-0.3, -0.25) is 9.78 Å². The van der Waals surface area contributed by atoms with Crippen LogP contribution in [0.3, 0.4) is 0 Å². The lowest BCUT2D eigenvalue weighted by atomic mass is 9.75. The van der Waals surface area contributed by atoms with Crippen LogP contribution in [0.2, 0.25) is 0 Å². The fourth-order valence-corrected chi connectivity index (χ4v) is 3.71. The van der Waals surface area contributed by atoms with Gasteiger partial charge in [-0.1, -0.05) is 35.0 Å². The second kappa shape index (κ2) is 8.57. The predicted octanol–water partition coefficient (Wildman–Crippen LogP) is 3.70. The van der Waals surface area contributed by atoms with Crippen LogP contribution < -0.4 is 5.32 Å². The third kappa shape index (κ3) is 4.54. The van der Waals surface area contributed by atoms with Gasteiger partial charge in [0.05, 0.1) is 5.41 Å². The molecule has 1 N–H and O–H groups in total. The maximum atomic E-state index is 13.2. The van der Waals surface area contributed by atoms with Crippen molar-refractivity contribution in [3.8, 4) is 11.3 Å². The number of amides is 1. The Kier molecular flexibility index (Phi) is 5.71. The van der Waals surface area contributed by atoms with Gasteiger partial charge in [0, 0.05) is 50.2 Å².